The first kappa shape index (κ1) is 39.4. The number of quaternary nitrogens is 1. The summed E-state index contributed by atoms with van der Waals surface area (Å²) in [6, 6.07) is 0.902. The third-order valence-corrected chi connectivity index (χ3v) is 8.63. The maximum absolute atomic E-state index is 2.39. The van der Waals surface area contributed by atoms with Crippen molar-refractivity contribution in [2.24, 2.45) is 0 Å². The van der Waals surface area contributed by atoms with Crippen LogP contribution in [0.3, 0.4) is 0 Å². The van der Waals surface area contributed by atoms with Gasteiger partial charge in [0.1, 0.15) is 0 Å². The Morgan fingerprint density at radius 2 is 0.514 bits per heavy atom. The first-order chi connectivity index (χ1) is 17.7. The van der Waals surface area contributed by atoms with E-state index in [0.29, 0.717) is 0 Å². The molecule has 0 fully saturated rings. The molecule has 0 heterocycles. The van der Waals surface area contributed by atoms with Crippen molar-refractivity contribution < 1.29 is 17.3 Å². The summed E-state index contributed by atoms with van der Waals surface area (Å²) in [6.45, 7) is 4.62. The SMILES string of the molecule is CCCCCCCCCCCCCCCCC(CCCCCCCCCCCCCCCC)[NH+](C)C.[Cl-]. The molecule has 0 bridgehead atoms. The predicted octanol–water partition coefficient (Wildman–Crippen LogP) is 8.25. The van der Waals surface area contributed by atoms with Crippen LogP contribution >= 0.6 is 0 Å². The van der Waals surface area contributed by atoms with Gasteiger partial charge in [-0.05, 0) is 25.7 Å². The monoisotopic (exact) mass is 544 g/mol. The van der Waals surface area contributed by atoms with Gasteiger partial charge in [0, 0.05) is 0 Å². The molecule has 0 saturated heterocycles. The summed E-state index contributed by atoms with van der Waals surface area (Å²) in [4.78, 5) is 1.69. The third-order valence-electron chi connectivity index (χ3n) is 8.63. The van der Waals surface area contributed by atoms with Gasteiger partial charge in [-0.15, -0.1) is 0 Å². The molecule has 1 N–H and O–H groups in total. The average Bonchev–Trinajstić information content (AvgIpc) is 2.87. The van der Waals surface area contributed by atoms with E-state index in [1.807, 2.05) is 0 Å². The Morgan fingerprint density at radius 1 is 0.324 bits per heavy atom. The highest BCUT2D eigenvalue weighted by Gasteiger charge is 2.13. The normalized spacial score (nSPS) is 11.5. The molecule has 0 unspecified atom stereocenters. The fraction of sp³-hybridized carbons (Fsp3) is 1.00. The molecular weight excluding hydrogens is 470 g/mol. The van der Waals surface area contributed by atoms with Crippen LogP contribution in [0, 0.1) is 0 Å². The standard InChI is InChI=1S/C35H73N.ClH/c1-5-7-9-11-13-15-17-19-21-23-25-27-29-31-33-35(36(3)4)34-32-30-28-26-24-22-20-18-16-14-12-10-8-6-2;/h35H,5-34H2,1-4H3;1H. The highest BCUT2D eigenvalue weighted by Crippen LogP contribution is 2.16. The van der Waals surface area contributed by atoms with Crippen LogP contribution in [-0.4, -0.2) is 20.1 Å². The minimum Gasteiger partial charge on any atom is -1.00 e. The molecule has 0 spiro atoms. The van der Waals surface area contributed by atoms with E-state index in [1.54, 1.807) is 4.90 Å². The molecule has 0 atom stereocenters. The first-order valence-corrected chi connectivity index (χ1v) is 17.5. The number of unbranched alkanes of at least 4 members (excludes halogenated alkanes) is 26. The van der Waals surface area contributed by atoms with E-state index in [9.17, 15) is 0 Å². The predicted molar refractivity (Wildman–Crippen MR) is 166 cm³/mol. The van der Waals surface area contributed by atoms with Crippen LogP contribution in [0.15, 0.2) is 0 Å². The van der Waals surface area contributed by atoms with E-state index in [2.05, 4.69) is 27.9 Å². The van der Waals surface area contributed by atoms with E-state index in [4.69, 9.17) is 0 Å². The van der Waals surface area contributed by atoms with E-state index in [0.717, 1.165) is 6.04 Å². The molecule has 226 valence electrons. The quantitative estimate of drug-likeness (QED) is 0.0839. The molecule has 0 saturated carbocycles. The van der Waals surface area contributed by atoms with Crippen LogP contribution in [0.2, 0.25) is 0 Å². The Bertz CT molecular complexity index is 351. The molecule has 0 aromatic rings. The second-order valence-corrected chi connectivity index (χ2v) is 12.5. The molecule has 0 aliphatic carbocycles. The molecule has 1 nitrogen and oxygen atoms in total. The lowest BCUT2D eigenvalue weighted by Gasteiger charge is -2.21. The summed E-state index contributed by atoms with van der Waals surface area (Å²) < 4.78 is 0. The van der Waals surface area contributed by atoms with Crippen LogP contribution in [0.1, 0.15) is 206 Å². The molecule has 37 heavy (non-hydrogen) atoms. The van der Waals surface area contributed by atoms with Gasteiger partial charge >= 0.3 is 0 Å². The lowest BCUT2D eigenvalue weighted by molar-refractivity contribution is -0.886. The molecule has 0 radical (unpaired) electrons. The van der Waals surface area contributed by atoms with Crippen LogP contribution < -0.4 is 17.3 Å². The summed E-state index contributed by atoms with van der Waals surface area (Å²) in [6.07, 6.45) is 44.0. The van der Waals surface area contributed by atoms with Crippen molar-refractivity contribution >= 4 is 0 Å². The zero-order valence-corrected chi connectivity index (χ0v) is 27.4. The Balaban J connectivity index is 0. The Kier molecular flexibility index (Phi) is 36.5. The minimum absolute atomic E-state index is 0. The van der Waals surface area contributed by atoms with Gasteiger partial charge in [-0.25, -0.2) is 0 Å². The zero-order valence-electron chi connectivity index (χ0n) is 26.7. The second-order valence-electron chi connectivity index (χ2n) is 12.5. The summed E-state index contributed by atoms with van der Waals surface area (Å²) in [7, 11) is 4.77. The summed E-state index contributed by atoms with van der Waals surface area (Å²) in [5.74, 6) is 0. The van der Waals surface area contributed by atoms with Gasteiger partial charge < -0.3 is 17.3 Å². The number of hydrogen-bond donors (Lipinski definition) is 1. The van der Waals surface area contributed by atoms with Crippen molar-refractivity contribution in [3.63, 3.8) is 0 Å². The molecule has 0 aliphatic heterocycles. The molecule has 0 aliphatic rings. The summed E-state index contributed by atoms with van der Waals surface area (Å²) >= 11 is 0. The third kappa shape index (κ3) is 32.4. The second kappa shape index (κ2) is 34.3. The maximum Gasteiger partial charge on any atom is 0.0870 e. The van der Waals surface area contributed by atoms with Crippen LogP contribution in [-0.2, 0) is 0 Å². The zero-order chi connectivity index (χ0) is 26.4. The van der Waals surface area contributed by atoms with Crippen LogP contribution in [0.5, 0.6) is 0 Å². The number of hydrogen-bond acceptors (Lipinski definition) is 0. The number of halogens is 1. The largest absolute Gasteiger partial charge is 1.00 e. The fourth-order valence-electron chi connectivity index (χ4n) is 5.89. The molecule has 0 aromatic heterocycles. The van der Waals surface area contributed by atoms with Gasteiger partial charge in [0.05, 0.1) is 20.1 Å². The maximum atomic E-state index is 2.39. The number of rotatable bonds is 31. The van der Waals surface area contributed by atoms with E-state index >= 15 is 0 Å². The molecule has 0 rings (SSSR count). The van der Waals surface area contributed by atoms with Crippen molar-refractivity contribution in [3.05, 3.63) is 0 Å². The van der Waals surface area contributed by atoms with Crippen molar-refractivity contribution in [3.8, 4) is 0 Å². The first-order valence-electron chi connectivity index (χ1n) is 17.5. The van der Waals surface area contributed by atoms with Crippen molar-refractivity contribution in [1.29, 1.82) is 0 Å². The smallest absolute Gasteiger partial charge is 0.0870 e. The average molecular weight is 544 g/mol. The van der Waals surface area contributed by atoms with Gasteiger partial charge in [-0.2, -0.15) is 0 Å². The van der Waals surface area contributed by atoms with E-state index in [1.165, 1.54) is 193 Å². The summed E-state index contributed by atoms with van der Waals surface area (Å²) in [5.41, 5.74) is 0. The number of nitrogens with one attached hydrogen (secondary N) is 1. The Hall–Kier alpha value is 0.250. The van der Waals surface area contributed by atoms with Crippen molar-refractivity contribution in [2.75, 3.05) is 14.1 Å². The highest BCUT2D eigenvalue weighted by molar-refractivity contribution is 4.58. The van der Waals surface area contributed by atoms with E-state index in [-0.39, 0.29) is 12.4 Å². The lowest BCUT2D eigenvalue weighted by Crippen LogP contribution is -3.10. The fourth-order valence-corrected chi connectivity index (χ4v) is 5.89. The van der Waals surface area contributed by atoms with Gasteiger partial charge in [0.2, 0.25) is 0 Å². The van der Waals surface area contributed by atoms with Gasteiger partial charge in [0.15, 0.2) is 0 Å². The molecule has 2 heteroatoms. The topological polar surface area (TPSA) is 4.44 Å². The van der Waals surface area contributed by atoms with Gasteiger partial charge in [-0.3, -0.25) is 0 Å². The van der Waals surface area contributed by atoms with Crippen molar-refractivity contribution in [2.45, 2.75) is 213 Å². The van der Waals surface area contributed by atoms with Crippen molar-refractivity contribution in [1.82, 2.24) is 0 Å². The Morgan fingerprint density at radius 3 is 0.703 bits per heavy atom. The van der Waals surface area contributed by atoms with Gasteiger partial charge in [0.25, 0.3) is 0 Å². The van der Waals surface area contributed by atoms with Crippen LogP contribution in [0.4, 0.5) is 0 Å². The molecule has 0 amide bonds. The molecular formula is C35H74ClN. The minimum atomic E-state index is 0. The van der Waals surface area contributed by atoms with E-state index < -0.39 is 0 Å². The highest BCUT2D eigenvalue weighted by atomic mass is 35.5. The molecule has 0 aromatic carbocycles. The van der Waals surface area contributed by atoms with Crippen LogP contribution in [0.25, 0.3) is 0 Å². The lowest BCUT2D eigenvalue weighted by atomic mass is 9.99. The summed E-state index contributed by atoms with van der Waals surface area (Å²) in [5, 5.41) is 0. The van der Waals surface area contributed by atoms with Gasteiger partial charge in [-0.1, -0.05) is 181 Å². The Labute approximate surface area is 243 Å².